The van der Waals surface area contributed by atoms with Gasteiger partial charge in [0.2, 0.25) is 0 Å². The molecule has 2 heteroatoms. The molecule has 0 unspecified atom stereocenters. The number of aliphatic hydroxyl groups is 1. The molecule has 0 aliphatic carbocycles. The van der Waals surface area contributed by atoms with Gasteiger partial charge >= 0.3 is 0 Å². The Morgan fingerprint density at radius 2 is 1.81 bits per heavy atom. The van der Waals surface area contributed by atoms with E-state index >= 15 is 0 Å². The summed E-state index contributed by atoms with van der Waals surface area (Å²) in [7, 11) is 0. The predicted molar refractivity (Wildman–Crippen MR) is 85.3 cm³/mol. The number of rotatable bonds is 4. The van der Waals surface area contributed by atoms with Crippen LogP contribution in [-0.4, -0.2) is 11.7 Å². The first-order valence-corrected chi connectivity index (χ1v) is 7.08. The highest BCUT2D eigenvalue weighted by Gasteiger charge is 2.00. The summed E-state index contributed by atoms with van der Waals surface area (Å²) >= 11 is 0. The summed E-state index contributed by atoms with van der Waals surface area (Å²) in [5.74, 6) is 6.86. The van der Waals surface area contributed by atoms with Crippen LogP contribution in [0.5, 0.6) is 5.75 Å². The van der Waals surface area contributed by atoms with Gasteiger partial charge in [0, 0.05) is 12.0 Å². The van der Waals surface area contributed by atoms with Crippen LogP contribution in [-0.2, 0) is 6.61 Å². The van der Waals surface area contributed by atoms with E-state index in [1.165, 1.54) is 5.56 Å². The lowest BCUT2D eigenvalue weighted by atomic mass is 10.1. The van der Waals surface area contributed by atoms with Crippen molar-refractivity contribution in [3.05, 3.63) is 64.7 Å². The molecule has 2 nitrogen and oxygen atoms in total. The van der Waals surface area contributed by atoms with Crippen molar-refractivity contribution in [2.24, 2.45) is 0 Å². The van der Waals surface area contributed by atoms with E-state index in [2.05, 4.69) is 43.9 Å². The predicted octanol–water partition coefficient (Wildman–Crippen LogP) is 3.62. The molecule has 0 atom stereocenters. The smallest absolute Gasteiger partial charge is 0.122 e. The van der Waals surface area contributed by atoms with Crippen molar-refractivity contribution in [2.75, 3.05) is 6.61 Å². The Kier molecular flexibility index (Phi) is 5.43. The lowest BCUT2D eigenvalue weighted by Crippen LogP contribution is -1.97. The van der Waals surface area contributed by atoms with Crippen molar-refractivity contribution in [1.29, 1.82) is 0 Å². The van der Waals surface area contributed by atoms with Gasteiger partial charge in [-0.25, -0.2) is 0 Å². The van der Waals surface area contributed by atoms with E-state index in [0.29, 0.717) is 13.0 Å². The number of aliphatic hydroxyl groups excluding tert-OH is 1. The molecule has 0 amide bonds. The molecule has 0 radical (unpaired) electrons. The third-order valence-electron chi connectivity index (χ3n) is 3.16. The van der Waals surface area contributed by atoms with Crippen LogP contribution in [0.25, 0.3) is 0 Å². The molecule has 0 aromatic heterocycles. The zero-order valence-corrected chi connectivity index (χ0v) is 12.5. The van der Waals surface area contributed by atoms with Crippen LogP contribution in [0.1, 0.15) is 28.7 Å². The highest BCUT2D eigenvalue weighted by atomic mass is 16.5. The quantitative estimate of drug-likeness (QED) is 0.867. The Labute approximate surface area is 126 Å². The van der Waals surface area contributed by atoms with Gasteiger partial charge in [0.25, 0.3) is 0 Å². The highest BCUT2D eigenvalue weighted by molar-refractivity contribution is 5.38. The molecule has 0 bridgehead atoms. The summed E-state index contributed by atoms with van der Waals surface area (Å²) in [6, 6.07) is 14.2. The van der Waals surface area contributed by atoms with Crippen LogP contribution in [0.4, 0.5) is 0 Å². The minimum absolute atomic E-state index is 0.106. The fourth-order valence-electron chi connectivity index (χ4n) is 1.93. The Balaban J connectivity index is 1.98. The van der Waals surface area contributed by atoms with Gasteiger partial charge in [-0.2, -0.15) is 0 Å². The molecule has 0 saturated heterocycles. The fraction of sp³-hybridized carbons (Fsp3) is 0.263. The zero-order chi connectivity index (χ0) is 15.1. The summed E-state index contributed by atoms with van der Waals surface area (Å²) in [6.45, 7) is 4.77. The molecular formula is C19H20O2. The molecule has 108 valence electrons. The van der Waals surface area contributed by atoms with E-state index in [9.17, 15) is 0 Å². The largest absolute Gasteiger partial charge is 0.489 e. The van der Waals surface area contributed by atoms with Crippen LogP contribution in [0, 0.1) is 25.7 Å². The normalized spacial score (nSPS) is 9.86. The molecule has 0 aliphatic heterocycles. The minimum Gasteiger partial charge on any atom is -0.489 e. The van der Waals surface area contributed by atoms with Crippen molar-refractivity contribution in [2.45, 2.75) is 26.9 Å². The SMILES string of the molecule is Cc1ccc(C)c(OCc2ccc(C#CCCO)cc2)c1. The summed E-state index contributed by atoms with van der Waals surface area (Å²) in [6.07, 6.45) is 0.511. The standard InChI is InChI=1S/C19H20O2/c1-15-6-7-16(2)19(13-15)21-14-18-10-8-17(9-11-18)5-3-4-12-20/h6-11,13,20H,4,12,14H2,1-2H3. The van der Waals surface area contributed by atoms with Gasteiger partial charge < -0.3 is 9.84 Å². The van der Waals surface area contributed by atoms with E-state index in [4.69, 9.17) is 9.84 Å². The van der Waals surface area contributed by atoms with Gasteiger partial charge in [-0.1, -0.05) is 36.1 Å². The zero-order valence-electron chi connectivity index (χ0n) is 12.5. The summed E-state index contributed by atoms with van der Waals surface area (Å²) in [4.78, 5) is 0. The molecule has 2 aromatic carbocycles. The molecule has 0 fully saturated rings. The van der Waals surface area contributed by atoms with Crippen LogP contribution >= 0.6 is 0 Å². The van der Waals surface area contributed by atoms with E-state index in [-0.39, 0.29) is 6.61 Å². The van der Waals surface area contributed by atoms with Crippen LogP contribution in [0.2, 0.25) is 0 Å². The number of benzene rings is 2. The average molecular weight is 280 g/mol. The maximum Gasteiger partial charge on any atom is 0.122 e. The molecule has 0 spiro atoms. The van der Waals surface area contributed by atoms with Crippen LogP contribution in [0.3, 0.4) is 0 Å². The molecule has 0 heterocycles. The average Bonchev–Trinajstić information content (AvgIpc) is 2.50. The second-order valence-corrected chi connectivity index (χ2v) is 5.03. The Hall–Kier alpha value is -2.24. The highest BCUT2D eigenvalue weighted by Crippen LogP contribution is 2.20. The summed E-state index contributed by atoms with van der Waals surface area (Å²) in [5.41, 5.74) is 4.42. The van der Waals surface area contributed by atoms with Crippen molar-refractivity contribution >= 4 is 0 Å². The van der Waals surface area contributed by atoms with Gasteiger partial charge in [0.05, 0.1) is 6.61 Å². The first kappa shape index (κ1) is 15.2. The third kappa shape index (κ3) is 4.66. The van der Waals surface area contributed by atoms with Crippen LogP contribution in [0.15, 0.2) is 42.5 Å². The lowest BCUT2D eigenvalue weighted by molar-refractivity contribution is 0.304. The molecule has 0 saturated carbocycles. The Bertz CT molecular complexity index is 646. The second kappa shape index (κ2) is 7.52. The second-order valence-electron chi connectivity index (χ2n) is 5.03. The summed E-state index contributed by atoms with van der Waals surface area (Å²) in [5, 5.41) is 8.69. The molecule has 0 aliphatic rings. The molecule has 2 aromatic rings. The topological polar surface area (TPSA) is 29.5 Å². The summed E-state index contributed by atoms with van der Waals surface area (Å²) < 4.78 is 5.87. The van der Waals surface area contributed by atoms with Crippen LogP contribution < -0.4 is 4.74 Å². The lowest BCUT2D eigenvalue weighted by Gasteiger charge is -2.10. The van der Waals surface area contributed by atoms with E-state index in [1.807, 2.05) is 24.3 Å². The van der Waals surface area contributed by atoms with Gasteiger partial charge in [0.15, 0.2) is 0 Å². The van der Waals surface area contributed by atoms with Crippen molar-refractivity contribution < 1.29 is 9.84 Å². The number of hydrogen-bond acceptors (Lipinski definition) is 2. The van der Waals surface area contributed by atoms with Crippen molar-refractivity contribution in [1.82, 2.24) is 0 Å². The molecular weight excluding hydrogens is 260 g/mol. The van der Waals surface area contributed by atoms with E-state index in [1.54, 1.807) is 0 Å². The monoisotopic (exact) mass is 280 g/mol. The van der Waals surface area contributed by atoms with Gasteiger partial charge in [0.1, 0.15) is 12.4 Å². The number of aryl methyl sites for hydroxylation is 2. The van der Waals surface area contributed by atoms with Gasteiger partial charge in [-0.05, 0) is 48.7 Å². The first-order valence-electron chi connectivity index (χ1n) is 7.08. The maximum absolute atomic E-state index is 8.69. The van der Waals surface area contributed by atoms with Crippen molar-refractivity contribution in [3.8, 4) is 17.6 Å². The van der Waals surface area contributed by atoms with E-state index < -0.39 is 0 Å². The van der Waals surface area contributed by atoms with Gasteiger partial charge in [-0.15, -0.1) is 0 Å². The molecule has 1 N–H and O–H groups in total. The maximum atomic E-state index is 8.69. The molecule has 2 rings (SSSR count). The van der Waals surface area contributed by atoms with Gasteiger partial charge in [-0.3, -0.25) is 0 Å². The minimum atomic E-state index is 0.106. The van der Waals surface area contributed by atoms with E-state index in [0.717, 1.165) is 22.4 Å². The van der Waals surface area contributed by atoms with Crippen molar-refractivity contribution in [3.63, 3.8) is 0 Å². The Morgan fingerprint density at radius 1 is 1.05 bits per heavy atom. The third-order valence-corrected chi connectivity index (χ3v) is 3.16. The Morgan fingerprint density at radius 3 is 2.52 bits per heavy atom. The number of ether oxygens (including phenoxy) is 1. The number of hydrogen-bond donors (Lipinski definition) is 1. The first-order chi connectivity index (χ1) is 10.2. The molecule has 21 heavy (non-hydrogen) atoms. The fourth-order valence-corrected chi connectivity index (χ4v) is 1.93.